The minimum Gasteiger partial charge on any atom is -0.494 e. The second-order valence-corrected chi connectivity index (χ2v) is 7.43. The predicted octanol–water partition coefficient (Wildman–Crippen LogP) is 5.13. The zero-order valence-electron chi connectivity index (χ0n) is 17.2. The smallest absolute Gasteiger partial charge is 0.255 e. The van der Waals surface area contributed by atoms with Gasteiger partial charge in [-0.2, -0.15) is 0 Å². The van der Waals surface area contributed by atoms with Gasteiger partial charge in [0.25, 0.3) is 11.8 Å². The lowest BCUT2D eigenvalue weighted by Crippen LogP contribution is -2.32. The van der Waals surface area contributed by atoms with Gasteiger partial charge in [0.1, 0.15) is 5.75 Å². The van der Waals surface area contributed by atoms with Crippen LogP contribution in [0, 0.1) is 0 Å². The SMILES string of the molecule is CCCCOc1ccc(C(=O)Nc2ccccc2C(=O)N2CCCCCC2)cc1. The van der Waals surface area contributed by atoms with Crippen molar-refractivity contribution in [1.29, 1.82) is 0 Å². The number of para-hydroxylation sites is 1. The number of carbonyl (C=O) groups is 2. The second-order valence-electron chi connectivity index (χ2n) is 7.43. The lowest BCUT2D eigenvalue weighted by molar-refractivity contribution is 0.0762. The molecule has 1 fully saturated rings. The summed E-state index contributed by atoms with van der Waals surface area (Å²) in [7, 11) is 0. The maximum Gasteiger partial charge on any atom is 0.255 e. The van der Waals surface area contributed by atoms with Crippen LogP contribution in [0.4, 0.5) is 5.69 Å². The fraction of sp³-hybridized carbons (Fsp3) is 0.417. The van der Waals surface area contributed by atoms with Crippen LogP contribution in [0.3, 0.4) is 0 Å². The molecule has 0 aromatic heterocycles. The van der Waals surface area contributed by atoms with E-state index in [1.54, 1.807) is 36.4 Å². The lowest BCUT2D eigenvalue weighted by atomic mass is 10.1. The van der Waals surface area contributed by atoms with Crippen LogP contribution in [0.2, 0.25) is 0 Å². The molecule has 2 amide bonds. The maximum atomic E-state index is 13.0. The summed E-state index contributed by atoms with van der Waals surface area (Å²) < 4.78 is 5.65. The number of nitrogens with zero attached hydrogens (tertiary/aromatic N) is 1. The number of hydrogen-bond acceptors (Lipinski definition) is 3. The molecule has 1 saturated heterocycles. The van der Waals surface area contributed by atoms with Crippen LogP contribution in [-0.4, -0.2) is 36.4 Å². The molecule has 1 heterocycles. The molecular weight excluding hydrogens is 364 g/mol. The van der Waals surface area contributed by atoms with Crippen molar-refractivity contribution in [3.8, 4) is 5.75 Å². The Morgan fingerprint density at radius 1 is 0.966 bits per heavy atom. The molecule has 0 atom stereocenters. The van der Waals surface area contributed by atoms with E-state index in [0.29, 0.717) is 23.4 Å². The number of likely N-dealkylation sites (tertiary alicyclic amines) is 1. The van der Waals surface area contributed by atoms with Crippen LogP contribution in [0.5, 0.6) is 5.75 Å². The zero-order valence-corrected chi connectivity index (χ0v) is 17.2. The van der Waals surface area contributed by atoms with E-state index < -0.39 is 0 Å². The number of anilines is 1. The van der Waals surface area contributed by atoms with Gasteiger partial charge in [-0.1, -0.05) is 38.3 Å². The summed E-state index contributed by atoms with van der Waals surface area (Å²) in [6.07, 6.45) is 6.49. The van der Waals surface area contributed by atoms with Crippen molar-refractivity contribution in [1.82, 2.24) is 4.90 Å². The van der Waals surface area contributed by atoms with E-state index in [9.17, 15) is 9.59 Å². The van der Waals surface area contributed by atoms with E-state index in [0.717, 1.165) is 44.5 Å². The number of ether oxygens (including phenoxy) is 1. The van der Waals surface area contributed by atoms with Crippen molar-refractivity contribution >= 4 is 17.5 Å². The molecule has 5 nitrogen and oxygen atoms in total. The molecule has 3 rings (SSSR count). The van der Waals surface area contributed by atoms with E-state index in [2.05, 4.69) is 12.2 Å². The van der Waals surface area contributed by atoms with Crippen LogP contribution >= 0.6 is 0 Å². The van der Waals surface area contributed by atoms with E-state index in [4.69, 9.17) is 4.74 Å². The van der Waals surface area contributed by atoms with Gasteiger partial charge in [0.05, 0.1) is 17.9 Å². The topological polar surface area (TPSA) is 58.6 Å². The van der Waals surface area contributed by atoms with Crippen molar-refractivity contribution in [2.24, 2.45) is 0 Å². The Labute approximate surface area is 173 Å². The first-order valence-corrected chi connectivity index (χ1v) is 10.6. The van der Waals surface area contributed by atoms with E-state index in [1.165, 1.54) is 12.8 Å². The van der Waals surface area contributed by atoms with E-state index in [-0.39, 0.29) is 11.8 Å². The van der Waals surface area contributed by atoms with Crippen molar-refractivity contribution in [3.63, 3.8) is 0 Å². The highest BCUT2D eigenvalue weighted by atomic mass is 16.5. The highest BCUT2D eigenvalue weighted by Crippen LogP contribution is 2.21. The van der Waals surface area contributed by atoms with E-state index >= 15 is 0 Å². The normalized spacial score (nSPS) is 14.2. The largest absolute Gasteiger partial charge is 0.494 e. The summed E-state index contributed by atoms with van der Waals surface area (Å²) >= 11 is 0. The maximum absolute atomic E-state index is 13.0. The Morgan fingerprint density at radius 3 is 2.34 bits per heavy atom. The molecule has 154 valence electrons. The lowest BCUT2D eigenvalue weighted by Gasteiger charge is -2.22. The van der Waals surface area contributed by atoms with Gasteiger partial charge in [-0.15, -0.1) is 0 Å². The molecular formula is C24H30N2O3. The fourth-order valence-corrected chi connectivity index (χ4v) is 3.45. The number of benzene rings is 2. The molecule has 1 N–H and O–H groups in total. The Hall–Kier alpha value is -2.82. The van der Waals surface area contributed by atoms with Gasteiger partial charge in [-0.3, -0.25) is 9.59 Å². The third-order valence-electron chi connectivity index (χ3n) is 5.18. The van der Waals surface area contributed by atoms with Gasteiger partial charge in [-0.05, 0) is 55.7 Å². The van der Waals surface area contributed by atoms with Crippen LogP contribution in [-0.2, 0) is 0 Å². The first-order valence-electron chi connectivity index (χ1n) is 10.6. The van der Waals surface area contributed by atoms with Gasteiger partial charge >= 0.3 is 0 Å². The average molecular weight is 395 g/mol. The molecule has 0 aliphatic carbocycles. The molecule has 0 radical (unpaired) electrons. The molecule has 5 heteroatoms. The summed E-state index contributed by atoms with van der Waals surface area (Å²) in [5, 5.41) is 2.91. The Bertz CT molecular complexity index is 809. The molecule has 2 aromatic rings. The molecule has 1 aliphatic heterocycles. The van der Waals surface area contributed by atoms with Crippen molar-refractivity contribution in [2.45, 2.75) is 45.4 Å². The Kier molecular flexibility index (Phi) is 7.68. The zero-order chi connectivity index (χ0) is 20.5. The molecule has 0 saturated carbocycles. The number of nitrogens with one attached hydrogen (secondary N) is 1. The minimum atomic E-state index is -0.235. The molecule has 0 spiro atoms. The van der Waals surface area contributed by atoms with Crippen LogP contribution < -0.4 is 10.1 Å². The van der Waals surface area contributed by atoms with Crippen molar-refractivity contribution < 1.29 is 14.3 Å². The first kappa shape index (κ1) is 20.9. The second kappa shape index (κ2) is 10.6. The summed E-state index contributed by atoms with van der Waals surface area (Å²) in [6.45, 7) is 4.35. The quantitative estimate of drug-likeness (QED) is 0.662. The number of rotatable bonds is 7. The van der Waals surface area contributed by atoms with Gasteiger partial charge in [0.2, 0.25) is 0 Å². The van der Waals surface area contributed by atoms with Gasteiger partial charge in [-0.25, -0.2) is 0 Å². The summed E-state index contributed by atoms with van der Waals surface area (Å²) in [4.78, 5) is 27.6. The monoisotopic (exact) mass is 394 g/mol. The molecule has 0 bridgehead atoms. The Balaban J connectivity index is 1.68. The number of unbranched alkanes of at least 4 members (excludes halogenated alkanes) is 1. The summed E-state index contributed by atoms with van der Waals surface area (Å²) in [5.41, 5.74) is 1.63. The average Bonchev–Trinajstić information content (AvgIpc) is 3.04. The predicted molar refractivity (Wildman–Crippen MR) is 116 cm³/mol. The highest BCUT2D eigenvalue weighted by molar-refractivity contribution is 6.09. The number of amides is 2. The molecule has 2 aromatic carbocycles. The Morgan fingerprint density at radius 2 is 1.66 bits per heavy atom. The van der Waals surface area contributed by atoms with Crippen molar-refractivity contribution in [2.75, 3.05) is 25.0 Å². The van der Waals surface area contributed by atoms with Gasteiger partial charge in [0, 0.05) is 18.7 Å². The standard InChI is InChI=1S/C24H30N2O3/c1-2-3-18-29-20-14-12-19(13-15-20)23(27)25-22-11-7-6-10-21(22)24(28)26-16-8-4-5-9-17-26/h6-7,10-15H,2-5,8-9,16-18H2,1H3,(H,25,27). The number of hydrogen-bond donors (Lipinski definition) is 1. The van der Waals surface area contributed by atoms with Crippen molar-refractivity contribution in [3.05, 3.63) is 59.7 Å². The van der Waals surface area contributed by atoms with Crippen LogP contribution in [0.15, 0.2) is 48.5 Å². The number of carbonyl (C=O) groups excluding carboxylic acids is 2. The highest BCUT2D eigenvalue weighted by Gasteiger charge is 2.20. The third-order valence-corrected chi connectivity index (χ3v) is 5.18. The summed E-state index contributed by atoms with van der Waals surface area (Å²) in [5.74, 6) is 0.510. The minimum absolute atomic E-state index is 0.0116. The molecule has 0 unspecified atom stereocenters. The third kappa shape index (κ3) is 5.83. The van der Waals surface area contributed by atoms with Gasteiger partial charge in [0.15, 0.2) is 0 Å². The molecule has 1 aliphatic rings. The summed E-state index contributed by atoms with van der Waals surface area (Å²) in [6, 6.07) is 14.3. The fourth-order valence-electron chi connectivity index (χ4n) is 3.45. The molecule has 29 heavy (non-hydrogen) atoms. The first-order chi connectivity index (χ1) is 14.2. The van der Waals surface area contributed by atoms with Crippen LogP contribution in [0.1, 0.15) is 66.2 Å². The van der Waals surface area contributed by atoms with Crippen LogP contribution in [0.25, 0.3) is 0 Å². The van der Waals surface area contributed by atoms with E-state index in [1.807, 2.05) is 17.0 Å². The van der Waals surface area contributed by atoms with Gasteiger partial charge < -0.3 is 15.0 Å².